The van der Waals surface area contributed by atoms with Crippen molar-refractivity contribution in [3.63, 3.8) is 0 Å². The van der Waals surface area contributed by atoms with Gasteiger partial charge in [0.2, 0.25) is 0 Å². The molecule has 0 saturated heterocycles. The van der Waals surface area contributed by atoms with Crippen LogP contribution in [0.4, 0.5) is 4.39 Å². The summed E-state index contributed by atoms with van der Waals surface area (Å²) in [5, 5.41) is 14.1. The van der Waals surface area contributed by atoms with Crippen molar-refractivity contribution in [2.75, 3.05) is 19.8 Å². The molecule has 0 unspecified atom stereocenters. The average molecular weight is 498 g/mol. The zero-order chi connectivity index (χ0) is 26.3. The van der Waals surface area contributed by atoms with Crippen molar-refractivity contribution in [3.05, 3.63) is 76.1 Å². The van der Waals surface area contributed by atoms with Crippen LogP contribution in [0.1, 0.15) is 68.0 Å². The lowest BCUT2D eigenvalue weighted by Crippen LogP contribution is -2.45. The summed E-state index contributed by atoms with van der Waals surface area (Å²) in [6.45, 7) is 10.3. The van der Waals surface area contributed by atoms with E-state index in [1.54, 1.807) is 26.0 Å². The zero-order valence-electron chi connectivity index (χ0n) is 22.1. The third-order valence-electron chi connectivity index (χ3n) is 6.81. The summed E-state index contributed by atoms with van der Waals surface area (Å²) in [7, 11) is 0. The van der Waals surface area contributed by atoms with Crippen molar-refractivity contribution in [1.82, 2.24) is 5.32 Å². The fourth-order valence-electron chi connectivity index (χ4n) is 4.97. The minimum atomic E-state index is -0.707. The van der Waals surface area contributed by atoms with E-state index < -0.39 is 24.0 Å². The molecule has 5 nitrogen and oxygen atoms in total. The number of β-amino-alcohol motifs (C(OH)–C–C–N with tert-alkyl or cyclic N) is 1. The number of esters is 1. The first-order valence-corrected chi connectivity index (χ1v) is 12.8. The summed E-state index contributed by atoms with van der Waals surface area (Å²) in [6.07, 6.45) is 4.70. The van der Waals surface area contributed by atoms with E-state index in [2.05, 4.69) is 43.4 Å². The summed E-state index contributed by atoms with van der Waals surface area (Å²) in [5.74, 6) is -0.333. The quantitative estimate of drug-likeness (QED) is 0.307. The predicted molar refractivity (Wildman–Crippen MR) is 141 cm³/mol. The smallest absolute Gasteiger partial charge is 0.330 e. The number of aryl methyl sites for hydroxylation is 1. The summed E-state index contributed by atoms with van der Waals surface area (Å²) < 4.78 is 25.7. The third kappa shape index (κ3) is 7.73. The van der Waals surface area contributed by atoms with Crippen LogP contribution in [-0.4, -0.2) is 42.5 Å². The van der Waals surface area contributed by atoms with Gasteiger partial charge in [-0.2, -0.15) is 0 Å². The lowest BCUT2D eigenvalue weighted by atomic mass is 9.88. The van der Waals surface area contributed by atoms with Crippen LogP contribution in [-0.2, 0) is 27.1 Å². The number of aliphatic hydroxyl groups excluding tert-OH is 1. The van der Waals surface area contributed by atoms with Crippen molar-refractivity contribution in [1.29, 1.82) is 0 Å². The highest BCUT2D eigenvalue weighted by molar-refractivity contribution is 5.87. The van der Waals surface area contributed by atoms with Crippen LogP contribution in [0.2, 0.25) is 0 Å². The van der Waals surface area contributed by atoms with Gasteiger partial charge >= 0.3 is 5.97 Å². The molecule has 6 heteroatoms. The van der Waals surface area contributed by atoms with E-state index in [0.717, 1.165) is 19.3 Å². The van der Waals surface area contributed by atoms with E-state index in [1.807, 2.05) is 6.92 Å². The number of aliphatic hydroxyl groups is 1. The van der Waals surface area contributed by atoms with Crippen molar-refractivity contribution in [2.45, 2.75) is 71.6 Å². The first-order valence-electron chi connectivity index (χ1n) is 12.8. The van der Waals surface area contributed by atoms with E-state index in [-0.39, 0.29) is 18.8 Å². The van der Waals surface area contributed by atoms with E-state index in [0.29, 0.717) is 29.2 Å². The molecule has 2 atom stereocenters. The number of halogens is 1. The van der Waals surface area contributed by atoms with Gasteiger partial charge in [-0.15, -0.1) is 0 Å². The van der Waals surface area contributed by atoms with Crippen LogP contribution < -0.4 is 5.32 Å². The highest BCUT2D eigenvalue weighted by Gasteiger charge is 2.28. The molecule has 0 spiro atoms. The molecule has 2 aromatic rings. The molecular weight excluding hydrogens is 457 g/mol. The Hall–Kier alpha value is -2.54. The maximum Gasteiger partial charge on any atom is 0.330 e. The lowest BCUT2D eigenvalue weighted by Gasteiger charge is -2.31. The summed E-state index contributed by atoms with van der Waals surface area (Å²) >= 11 is 0. The van der Waals surface area contributed by atoms with Crippen molar-refractivity contribution in [2.24, 2.45) is 5.92 Å². The number of carbonyl (C=O) groups is 1. The van der Waals surface area contributed by atoms with E-state index in [9.17, 15) is 14.3 Å². The normalized spacial score (nSPS) is 15.8. The lowest BCUT2D eigenvalue weighted by molar-refractivity contribution is -0.137. The Morgan fingerprint density at radius 2 is 1.89 bits per heavy atom. The fourth-order valence-corrected chi connectivity index (χ4v) is 4.97. The third-order valence-corrected chi connectivity index (χ3v) is 6.81. The van der Waals surface area contributed by atoms with Gasteiger partial charge in [0, 0.05) is 23.7 Å². The fraction of sp³-hybridized carbons (Fsp3) is 0.500. The molecule has 0 amide bonds. The van der Waals surface area contributed by atoms with Gasteiger partial charge in [-0.25, -0.2) is 9.18 Å². The molecule has 196 valence electrons. The van der Waals surface area contributed by atoms with Crippen LogP contribution in [0.5, 0.6) is 0 Å². The van der Waals surface area contributed by atoms with Gasteiger partial charge in [-0.1, -0.05) is 36.4 Å². The highest BCUT2D eigenvalue weighted by atomic mass is 19.1. The topological polar surface area (TPSA) is 67.8 Å². The summed E-state index contributed by atoms with van der Waals surface area (Å²) in [5.41, 5.74) is 4.16. The van der Waals surface area contributed by atoms with Crippen LogP contribution in [0.3, 0.4) is 0 Å². The number of carbonyl (C=O) groups excluding carboxylic acids is 1. The molecule has 1 aliphatic carbocycles. The average Bonchev–Trinajstić information content (AvgIpc) is 3.23. The predicted octanol–water partition coefficient (Wildman–Crippen LogP) is 5.32. The maximum atomic E-state index is 14.8. The van der Waals surface area contributed by atoms with Crippen LogP contribution in [0.15, 0.2) is 42.5 Å². The SMILES string of the molecule is CCOC(=O)/C=C/c1c([C@@H](C)OC[C@H](O)CNC(C)(C)CC2Cc3ccccc3C2)ccc(C)c1F. The Kier molecular flexibility index (Phi) is 9.83. The van der Waals surface area contributed by atoms with Crippen molar-refractivity contribution < 1.29 is 23.8 Å². The number of fused-ring (bicyclic) bond motifs is 1. The Bertz CT molecular complexity index is 1040. The van der Waals surface area contributed by atoms with E-state index in [1.165, 1.54) is 23.3 Å². The maximum absolute atomic E-state index is 14.8. The number of rotatable bonds is 12. The molecule has 0 fully saturated rings. The van der Waals surface area contributed by atoms with Gasteiger partial charge in [0.25, 0.3) is 0 Å². The number of ether oxygens (including phenoxy) is 2. The number of hydrogen-bond donors (Lipinski definition) is 2. The molecule has 0 bridgehead atoms. The molecule has 0 saturated carbocycles. The van der Waals surface area contributed by atoms with E-state index in [4.69, 9.17) is 9.47 Å². The molecule has 3 rings (SSSR count). The highest BCUT2D eigenvalue weighted by Crippen LogP contribution is 2.32. The van der Waals surface area contributed by atoms with Gasteiger partial charge in [-0.3, -0.25) is 0 Å². The first-order chi connectivity index (χ1) is 17.1. The minimum absolute atomic E-state index is 0.107. The van der Waals surface area contributed by atoms with Crippen LogP contribution in [0.25, 0.3) is 6.08 Å². The first kappa shape index (κ1) is 28.0. The second kappa shape index (κ2) is 12.6. The molecule has 0 aliphatic heterocycles. The number of nitrogens with one attached hydrogen (secondary N) is 1. The minimum Gasteiger partial charge on any atom is -0.463 e. The Balaban J connectivity index is 1.51. The zero-order valence-corrected chi connectivity index (χ0v) is 22.1. The Labute approximate surface area is 214 Å². The van der Waals surface area contributed by atoms with E-state index >= 15 is 0 Å². The van der Waals surface area contributed by atoms with Gasteiger partial charge in [0.15, 0.2) is 0 Å². The monoisotopic (exact) mass is 497 g/mol. The molecule has 1 aliphatic rings. The molecule has 2 aromatic carbocycles. The summed E-state index contributed by atoms with van der Waals surface area (Å²) in [6, 6.07) is 12.1. The largest absolute Gasteiger partial charge is 0.463 e. The molecule has 0 aromatic heterocycles. The van der Waals surface area contributed by atoms with Gasteiger partial charge in [0.05, 0.1) is 25.4 Å². The van der Waals surface area contributed by atoms with Gasteiger partial charge in [0.1, 0.15) is 5.82 Å². The molecule has 0 heterocycles. The van der Waals surface area contributed by atoms with Crippen molar-refractivity contribution in [3.8, 4) is 0 Å². The molecular formula is C30H40FNO4. The molecule has 36 heavy (non-hydrogen) atoms. The number of benzene rings is 2. The van der Waals surface area contributed by atoms with Crippen molar-refractivity contribution >= 4 is 12.0 Å². The molecule has 2 N–H and O–H groups in total. The summed E-state index contributed by atoms with van der Waals surface area (Å²) in [4.78, 5) is 11.7. The standard InChI is InChI=1S/C30H40FNO4/c1-6-35-28(34)14-13-27-26(12-11-20(2)29(27)31)21(3)36-19-25(33)18-32-30(4,5)17-22-15-23-9-7-8-10-24(23)16-22/h7-14,21-22,25,32-33H,6,15-19H2,1-5H3/b14-13+/t21-,25-/m1/s1. The van der Waals surface area contributed by atoms with Crippen LogP contribution >= 0.6 is 0 Å². The van der Waals surface area contributed by atoms with Gasteiger partial charge < -0.3 is 19.9 Å². The van der Waals surface area contributed by atoms with Gasteiger partial charge in [-0.05, 0) is 88.1 Å². The second-order valence-corrected chi connectivity index (χ2v) is 10.4. The molecule has 0 radical (unpaired) electrons. The number of hydrogen-bond acceptors (Lipinski definition) is 5. The Morgan fingerprint density at radius 3 is 2.53 bits per heavy atom. The second-order valence-electron chi connectivity index (χ2n) is 10.4. The Morgan fingerprint density at radius 1 is 1.22 bits per heavy atom. The van der Waals surface area contributed by atoms with Crippen LogP contribution in [0, 0.1) is 18.7 Å².